The van der Waals surface area contributed by atoms with Crippen molar-refractivity contribution < 1.29 is 22.7 Å². The minimum absolute atomic E-state index is 0.118. The van der Waals surface area contributed by atoms with Crippen LogP contribution in [-0.4, -0.2) is 39.7 Å². The Bertz CT molecular complexity index is 1020. The number of esters is 1. The third-order valence-corrected chi connectivity index (χ3v) is 6.75. The van der Waals surface area contributed by atoms with Crippen molar-refractivity contribution in [2.75, 3.05) is 29.0 Å². The number of amides is 1. The van der Waals surface area contributed by atoms with Crippen LogP contribution in [0.4, 0.5) is 11.4 Å². The first-order valence-electron chi connectivity index (χ1n) is 9.49. The highest BCUT2D eigenvalue weighted by Crippen LogP contribution is 2.32. The molecular weight excluding hydrogens is 392 g/mol. The number of anilines is 2. The van der Waals surface area contributed by atoms with E-state index in [-0.39, 0.29) is 11.7 Å². The molecule has 0 spiro atoms. The van der Waals surface area contributed by atoms with Gasteiger partial charge in [0.15, 0.2) is 0 Å². The number of carbonyl (C=O) groups excluding carboxylic acids is 2. The molecule has 0 aromatic heterocycles. The summed E-state index contributed by atoms with van der Waals surface area (Å²) < 4.78 is 31.2. The summed E-state index contributed by atoms with van der Waals surface area (Å²) in [5.74, 6) is -0.658. The first-order valence-corrected chi connectivity index (χ1v) is 11.1. The van der Waals surface area contributed by atoms with E-state index in [4.69, 9.17) is 0 Å². The summed E-state index contributed by atoms with van der Waals surface area (Å²) >= 11 is 0. The summed E-state index contributed by atoms with van der Waals surface area (Å²) in [6.45, 7) is 2.33. The zero-order valence-corrected chi connectivity index (χ0v) is 17.3. The van der Waals surface area contributed by atoms with E-state index in [2.05, 4.69) is 10.1 Å². The normalized spacial score (nSPS) is 13.5. The lowest BCUT2D eigenvalue weighted by atomic mass is 10.0. The molecule has 0 fully saturated rings. The lowest BCUT2D eigenvalue weighted by Gasteiger charge is -2.30. The van der Waals surface area contributed by atoms with Gasteiger partial charge in [0, 0.05) is 17.8 Å². The molecule has 8 heteroatoms. The average molecular weight is 416 g/mol. The van der Waals surface area contributed by atoms with Crippen molar-refractivity contribution in [2.24, 2.45) is 0 Å². The largest absolute Gasteiger partial charge is 0.465 e. The highest BCUT2D eigenvalue weighted by atomic mass is 32.2. The molecule has 154 valence electrons. The SMILES string of the molecule is CCCS(=O)(=O)N1CCCc2cc(NC(=O)c3ccc(C(=O)OC)cc3)ccc21. The maximum atomic E-state index is 12.5. The van der Waals surface area contributed by atoms with Gasteiger partial charge in [-0.25, -0.2) is 13.2 Å². The monoisotopic (exact) mass is 416 g/mol. The molecular formula is C21H24N2O5S. The number of benzene rings is 2. The number of sulfonamides is 1. The predicted molar refractivity (Wildman–Crippen MR) is 112 cm³/mol. The lowest BCUT2D eigenvalue weighted by Crippen LogP contribution is -2.37. The summed E-state index contributed by atoms with van der Waals surface area (Å²) in [6, 6.07) is 11.5. The number of nitrogens with zero attached hydrogens (tertiary/aromatic N) is 1. The second-order valence-electron chi connectivity index (χ2n) is 6.86. The van der Waals surface area contributed by atoms with Gasteiger partial charge in [-0.05, 0) is 67.3 Å². The van der Waals surface area contributed by atoms with Crippen molar-refractivity contribution in [1.82, 2.24) is 0 Å². The van der Waals surface area contributed by atoms with Crippen LogP contribution in [0.5, 0.6) is 0 Å². The van der Waals surface area contributed by atoms with Gasteiger partial charge in [0.1, 0.15) is 0 Å². The first kappa shape index (κ1) is 20.9. The number of methoxy groups -OCH3 is 1. The van der Waals surface area contributed by atoms with Crippen LogP contribution >= 0.6 is 0 Å². The molecule has 0 radical (unpaired) electrons. The summed E-state index contributed by atoms with van der Waals surface area (Å²) in [5, 5.41) is 2.83. The van der Waals surface area contributed by atoms with Crippen LogP contribution in [0.2, 0.25) is 0 Å². The van der Waals surface area contributed by atoms with Gasteiger partial charge in [-0.1, -0.05) is 6.92 Å². The van der Waals surface area contributed by atoms with Crippen molar-refractivity contribution in [3.05, 3.63) is 59.2 Å². The van der Waals surface area contributed by atoms with Crippen LogP contribution in [0, 0.1) is 0 Å². The van der Waals surface area contributed by atoms with Crippen molar-refractivity contribution in [2.45, 2.75) is 26.2 Å². The Morgan fingerprint density at radius 3 is 2.45 bits per heavy atom. The maximum Gasteiger partial charge on any atom is 0.337 e. The fourth-order valence-electron chi connectivity index (χ4n) is 3.38. The maximum absolute atomic E-state index is 12.5. The Balaban J connectivity index is 1.78. The number of hydrogen-bond donors (Lipinski definition) is 1. The lowest BCUT2D eigenvalue weighted by molar-refractivity contribution is 0.0600. The molecule has 1 aliphatic heterocycles. The molecule has 2 aromatic carbocycles. The Kier molecular flexibility index (Phi) is 6.22. The number of hydrogen-bond acceptors (Lipinski definition) is 5. The van der Waals surface area contributed by atoms with Gasteiger partial charge in [-0.3, -0.25) is 9.10 Å². The van der Waals surface area contributed by atoms with Gasteiger partial charge in [0.25, 0.3) is 5.91 Å². The molecule has 1 amide bonds. The summed E-state index contributed by atoms with van der Waals surface area (Å²) in [5.41, 5.74) is 2.95. The van der Waals surface area contributed by atoms with Crippen molar-refractivity contribution in [3.63, 3.8) is 0 Å². The predicted octanol–water partition coefficient (Wildman–Crippen LogP) is 3.22. The Hall–Kier alpha value is -2.87. The molecule has 0 bridgehead atoms. The van der Waals surface area contributed by atoms with E-state index in [9.17, 15) is 18.0 Å². The standard InChI is InChI=1S/C21H24N2O5S/c1-3-13-29(26,27)23-12-4-5-17-14-18(10-11-19(17)23)22-20(24)15-6-8-16(9-7-15)21(25)28-2/h6-11,14H,3-5,12-13H2,1-2H3,(H,22,24). The van der Waals surface area contributed by atoms with Gasteiger partial charge in [0.05, 0.1) is 24.1 Å². The van der Waals surface area contributed by atoms with E-state index in [0.717, 1.165) is 18.4 Å². The topological polar surface area (TPSA) is 92.8 Å². The van der Waals surface area contributed by atoms with Crippen molar-refractivity contribution in [3.8, 4) is 0 Å². The van der Waals surface area contributed by atoms with E-state index < -0.39 is 16.0 Å². The van der Waals surface area contributed by atoms with Gasteiger partial charge in [-0.2, -0.15) is 0 Å². The van der Waals surface area contributed by atoms with Gasteiger partial charge < -0.3 is 10.1 Å². The van der Waals surface area contributed by atoms with E-state index in [1.54, 1.807) is 24.3 Å². The van der Waals surface area contributed by atoms with Gasteiger partial charge in [-0.15, -0.1) is 0 Å². The smallest absolute Gasteiger partial charge is 0.337 e. The highest BCUT2D eigenvalue weighted by Gasteiger charge is 2.27. The molecule has 1 heterocycles. The molecule has 0 atom stereocenters. The number of carbonyl (C=O) groups is 2. The quantitative estimate of drug-likeness (QED) is 0.730. The molecule has 0 saturated heterocycles. The Morgan fingerprint density at radius 2 is 1.79 bits per heavy atom. The summed E-state index contributed by atoms with van der Waals surface area (Å²) in [7, 11) is -2.03. The summed E-state index contributed by atoms with van der Waals surface area (Å²) in [6.07, 6.45) is 2.06. The van der Waals surface area contributed by atoms with E-state index in [0.29, 0.717) is 35.5 Å². The molecule has 0 aliphatic carbocycles. The van der Waals surface area contributed by atoms with Crippen molar-refractivity contribution in [1.29, 1.82) is 0 Å². The van der Waals surface area contributed by atoms with Crippen LogP contribution in [0.1, 0.15) is 46.0 Å². The molecule has 29 heavy (non-hydrogen) atoms. The molecule has 0 saturated carbocycles. The molecule has 2 aromatic rings. The third kappa shape index (κ3) is 4.59. The van der Waals surface area contributed by atoms with Crippen LogP contribution in [0.25, 0.3) is 0 Å². The van der Waals surface area contributed by atoms with E-state index in [1.165, 1.54) is 23.5 Å². The fraction of sp³-hybridized carbons (Fsp3) is 0.333. The van der Waals surface area contributed by atoms with Crippen LogP contribution in [0.3, 0.4) is 0 Å². The Morgan fingerprint density at radius 1 is 1.10 bits per heavy atom. The van der Waals surface area contributed by atoms with Crippen molar-refractivity contribution >= 4 is 33.3 Å². The molecule has 3 rings (SSSR count). The van der Waals surface area contributed by atoms with Gasteiger partial charge >= 0.3 is 5.97 Å². The second-order valence-corrected chi connectivity index (χ2v) is 8.87. The number of fused-ring (bicyclic) bond motifs is 1. The van der Waals surface area contributed by atoms with Crippen LogP contribution in [0.15, 0.2) is 42.5 Å². The number of rotatable bonds is 6. The first-order chi connectivity index (χ1) is 13.9. The minimum Gasteiger partial charge on any atom is -0.465 e. The number of nitrogens with one attached hydrogen (secondary N) is 1. The molecule has 0 unspecified atom stereocenters. The van der Waals surface area contributed by atoms with Gasteiger partial charge in [0.2, 0.25) is 10.0 Å². The number of aryl methyl sites for hydroxylation is 1. The zero-order chi connectivity index (χ0) is 21.0. The highest BCUT2D eigenvalue weighted by molar-refractivity contribution is 7.92. The molecule has 1 aliphatic rings. The van der Waals surface area contributed by atoms with Crippen LogP contribution < -0.4 is 9.62 Å². The number of ether oxygens (including phenoxy) is 1. The van der Waals surface area contributed by atoms with E-state index >= 15 is 0 Å². The Labute approximate surface area is 170 Å². The summed E-state index contributed by atoms with van der Waals surface area (Å²) in [4.78, 5) is 24.0. The molecule has 7 nitrogen and oxygen atoms in total. The molecule has 1 N–H and O–H groups in total. The fourth-order valence-corrected chi connectivity index (χ4v) is 5.00. The third-order valence-electron chi connectivity index (χ3n) is 4.78. The second kappa shape index (κ2) is 8.65. The zero-order valence-electron chi connectivity index (χ0n) is 16.5. The average Bonchev–Trinajstić information content (AvgIpc) is 2.72. The minimum atomic E-state index is -3.33. The van der Waals surface area contributed by atoms with Crippen LogP contribution in [-0.2, 0) is 21.2 Å². The van der Waals surface area contributed by atoms with E-state index in [1.807, 2.05) is 13.0 Å².